The Hall–Kier alpha value is -1.55. The van der Waals surface area contributed by atoms with E-state index in [1.165, 1.54) is 0 Å². The average Bonchev–Trinajstić information content (AvgIpc) is 2.28. The zero-order chi connectivity index (χ0) is 11.5. The highest BCUT2D eigenvalue weighted by molar-refractivity contribution is 5.89. The zero-order valence-corrected chi connectivity index (χ0v) is 9.35. The molecule has 1 heterocycles. The Kier molecular flexibility index (Phi) is 3.10. The van der Waals surface area contributed by atoms with Crippen molar-refractivity contribution in [1.82, 2.24) is 0 Å². The molecule has 0 aromatic heterocycles. The van der Waals surface area contributed by atoms with Crippen molar-refractivity contribution in [3.63, 3.8) is 0 Å². The highest BCUT2D eigenvalue weighted by atomic mass is 16.6. The van der Waals surface area contributed by atoms with Crippen molar-refractivity contribution in [3.8, 4) is 0 Å². The van der Waals surface area contributed by atoms with E-state index in [1.54, 1.807) is 4.90 Å². The predicted octanol–water partition coefficient (Wildman–Crippen LogP) is 1.67. The monoisotopic (exact) mass is 220 g/mol. The van der Waals surface area contributed by atoms with Crippen LogP contribution in [0.5, 0.6) is 0 Å². The zero-order valence-electron chi connectivity index (χ0n) is 9.35. The molecular formula is C12H16N2O2. The third-order valence-electron chi connectivity index (χ3n) is 2.79. The Morgan fingerprint density at radius 1 is 1.56 bits per heavy atom. The minimum atomic E-state index is -0.299. The topological polar surface area (TPSA) is 55.6 Å². The van der Waals surface area contributed by atoms with Crippen molar-refractivity contribution in [2.45, 2.75) is 19.4 Å². The van der Waals surface area contributed by atoms with Crippen LogP contribution in [-0.4, -0.2) is 25.3 Å². The molecule has 2 rings (SSSR count). The lowest BCUT2D eigenvalue weighted by Gasteiger charge is -2.34. The molecule has 1 aromatic carbocycles. The number of nitrogens with two attached hydrogens (primary N) is 1. The molecule has 1 amide bonds. The minimum Gasteiger partial charge on any atom is -0.449 e. The summed E-state index contributed by atoms with van der Waals surface area (Å²) in [7, 11) is 0. The molecule has 0 aliphatic carbocycles. The molecule has 16 heavy (non-hydrogen) atoms. The number of nitrogens with zero attached hydrogens (tertiary/aromatic N) is 1. The van der Waals surface area contributed by atoms with E-state index in [-0.39, 0.29) is 12.1 Å². The predicted molar refractivity (Wildman–Crippen MR) is 62.5 cm³/mol. The molecule has 1 aromatic rings. The van der Waals surface area contributed by atoms with E-state index in [1.807, 2.05) is 31.2 Å². The van der Waals surface area contributed by atoms with Crippen LogP contribution in [0.15, 0.2) is 24.3 Å². The Balaban J connectivity index is 2.31. The number of anilines is 1. The van der Waals surface area contributed by atoms with E-state index in [9.17, 15) is 4.79 Å². The lowest BCUT2D eigenvalue weighted by atomic mass is 10.1. The summed E-state index contributed by atoms with van der Waals surface area (Å²) in [6, 6.07) is 7.84. The van der Waals surface area contributed by atoms with Crippen molar-refractivity contribution >= 4 is 11.8 Å². The molecule has 86 valence electrons. The fourth-order valence-electron chi connectivity index (χ4n) is 1.95. The van der Waals surface area contributed by atoms with Crippen LogP contribution < -0.4 is 10.6 Å². The number of cyclic esters (lactones) is 1. The number of amides is 1. The highest BCUT2D eigenvalue weighted by Gasteiger charge is 2.29. The molecule has 4 nitrogen and oxygen atoms in total. The van der Waals surface area contributed by atoms with Gasteiger partial charge in [-0.15, -0.1) is 0 Å². The fourth-order valence-corrected chi connectivity index (χ4v) is 1.95. The van der Waals surface area contributed by atoms with Gasteiger partial charge in [0.1, 0.15) is 0 Å². The van der Waals surface area contributed by atoms with Gasteiger partial charge < -0.3 is 10.5 Å². The van der Waals surface area contributed by atoms with Gasteiger partial charge in [-0.3, -0.25) is 4.90 Å². The minimum absolute atomic E-state index is 0.0445. The van der Waals surface area contributed by atoms with Gasteiger partial charge in [0.15, 0.2) is 0 Å². The van der Waals surface area contributed by atoms with Crippen LogP contribution in [0.1, 0.15) is 12.0 Å². The summed E-state index contributed by atoms with van der Waals surface area (Å²) in [6.07, 6.45) is 0.489. The van der Waals surface area contributed by atoms with E-state index in [2.05, 4.69) is 0 Å². The second-order valence-electron chi connectivity index (χ2n) is 4.00. The Morgan fingerprint density at radius 3 is 3.06 bits per heavy atom. The SMILES string of the molecule is Cc1cccc(N2C(=O)OCCC2CN)c1. The number of ether oxygens (including phenoxy) is 1. The summed E-state index contributed by atoms with van der Waals surface area (Å²) in [4.78, 5) is 13.4. The Bertz CT molecular complexity index is 392. The van der Waals surface area contributed by atoms with Crippen LogP contribution in [-0.2, 0) is 4.74 Å². The first kappa shape index (κ1) is 11.0. The second-order valence-corrected chi connectivity index (χ2v) is 4.00. The molecule has 1 aliphatic heterocycles. The molecule has 1 aliphatic rings. The molecule has 1 fully saturated rings. The van der Waals surface area contributed by atoms with Crippen LogP contribution in [0, 0.1) is 6.92 Å². The molecule has 0 bridgehead atoms. The van der Waals surface area contributed by atoms with Gasteiger partial charge in [0, 0.05) is 18.7 Å². The summed E-state index contributed by atoms with van der Waals surface area (Å²) in [5, 5.41) is 0. The second kappa shape index (κ2) is 4.53. The maximum Gasteiger partial charge on any atom is 0.414 e. The number of benzene rings is 1. The van der Waals surface area contributed by atoms with Crippen molar-refractivity contribution in [2.75, 3.05) is 18.1 Å². The molecule has 2 N–H and O–H groups in total. The maximum absolute atomic E-state index is 11.7. The summed E-state index contributed by atoms with van der Waals surface area (Å²) < 4.78 is 5.05. The third kappa shape index (κ3) is 2.02. The van der Waals surface area contributed by atoms with Crippen LogP contribution in [0.25, 0.3) is 0 Å². The van der Waals surface area contributed by atoms with Crippen molar-refractivity contribution in [1.29, 1.82) is 0 Å². The molecule has 1 saturated heterocycles. The number of aryl methyl sites for hydroxylation is 1. The van der Waals surface area contributed by atoms with E-state index >= 15 is 0 Å². The third-order valence-corrected chi connectivity index (χ3v) is 2.79. The standard InChI is InChI=1S/C12H16N2O2/c1-9-3-2-4-10(7-9)14-11(8-13)5-6-16-12(14)15/h2-4,7,11H,5-6,8,13H2,1H3. The highest BCUT2D eigenvalue weighted by Crippen LogP contribution is 2.23. The average molecular weight is 220 g/mol. The molecule has 1 unspecified atom stereocenters. The van der Waals surface area contributed by atoms with E-state index in [0.29, 0.717) is 13.2 Å². The first-order valence-corrected chi connectivity index (χ1v) is 5.45. The first-order chi connectivity index (χ1) is 7.72. The molecule has 0 saturated carbocycles. The molecule has 0 spiro atoms. The molecule has 4 heteroatoms. The smallest absolute Gasteiger partial charge is 0.414 e. The summed E-state index contributed by atoms with van der Waals surface area (Å²) in [5.41, 5.74) is 7.66. The van der Waals surface area contributed by atoms with Crippen LogP contribution in [0.4, 0.5) is 10.5 Å². The van der Waals surface area contributed by atoms with Crippen LogP contribution in [0.3, 0.4) is 0 Å². The van der Waals surface area contributed by atoms with Crippen LogP contribution >= 0.6 is 0 Å². The summed E-state index contributed by atoms with van der Waals surface area (Å²) in [6.45, 7) is 2.92. The molecule has 1 atom stereocenters. The quantitative estimate of drug-likeness (QED) is 0.824. The molecule has 0 radical (unpaired) electrons. The molecular weight excluding hydrogens is 204 g/mol. The normalized spacial score (nSPS) is 20.8. The van der Waals surface area contributed by atoms with Crippen LogP contribution in [0.2, 0.25) is 0 Å². The number of carbonyl (C=O) groups is 1. The van der Waals surface area contributed by atoms with Gasteiger partial charge in [-0.2, -0.15) is 0 Å². The lowest BCUT2D eigenvalue weighted by molar-refractivity contribution is 0.130. The van der Waals surface area contributed by atoms with Gasteiger partial charge >= 0.3 is 6.09 Å². The first-order valence-electron chi connectivity index (χ1n) is 5.45. The van der Waals surface area contributed by atoms with Gasteiger partial charge in [-0.1, -0.05) is 12.1 Å². The van der Waals surface area contributed by atoms with Gasteiger partial charge in [0.05, 0.1) is 12.6 Å². The van der Waals surface area contributed by atoms with Crippen molar-refractivity contribution < 1.29 is 9.53 Å². The summed E-state index contributed by atoms with van der Waals surface area (Å²) >= 11 is 0. The number of hydrogen-bond acceptors (Lipinski definition) is 3. The van der Waals surface area contributed by atoms with Crippen molar-refractivity contribution in [2.24, 2.45) is 5.73 Å². The van der Waals surface area contributed by atoms with E-state index in [4.69, 9.17) is 10.5 Å². The van der Waals surface area contributed by atoms with Gasteiger partial charge in [0.2, 0.25) is 0 Å². The number of hydrogen-bond donors (Lipinski definition) is 1. The maximum atomic E-state index is 11.7. The van der Waals surface area contributed by atoms with Crippen molar-refractivity contribution in [3.05, 3.63) is 29.8 Å². The Labute approximate surface area is 95.0 Å². The van der Waals surface area contributed by atoms with Gasteiger partial charge in [0.25, 0.3) is 0 Å². The summed E-state index contributed by atoms with van der Waals surface area (Å²) in [5.74, 6) is 0. The van der Waals surface area contributed by atoms with Gasteiger partial charge in [-0.05, 0) is 24.6 Å². The van der Waals surface area contributed by atoms with Gasteiger partial charge in [-0.25, -0.2) is 4.79 Å². The largest absolute Gasteiger partial charge is 0.449 e. The Morgan fingerprint density at radius 2 is 2.38 bits per heavy atom. The van der Waals surface area contributed by atoms with E-state index in [0.717, 1.165) is 17.7 Å². The fraction of sp³-hybridized carbons (Fsp3) is 0.417. The number of rotatable bonds is 2. The van der Waals surface area contributed by atoms with E-state index < -0.39 is 0 Å². The lowest BCUT2D eigenvalue weighted by Crippen LogP contribution is -2.49. The number of carbonyl (C=O) groups excluding carboxylic acids is 1.